The molecule has 3 heterocycles. The predicted molar refractivity (Wildman–Crippen MR) is 135 cm³/mol. The van der Waals surface area contributed by atoms with E-state index in [-0.39, 0.29) is 57.4 Å². The van der Waals surface area contributed by atoms with E-state index in [2.05, 4.69) is 36.2 Å². The number of methoxy groups -OCH3 is 1. The fourth-order valence-electron chi connectivity index (χ4n) is 7.15. The van der Waals surface area contributed by atoms with Gasteiger partial charge in [0.25, 0.3) is 0 Å². The molecule has 3 fully saturated rings. The third-order valence-electron chi connectivity index (χ3n) is 8.49. The summed E-state index contributed by atoms with van der Waals surface area (Å²) < 4.78 is 5.25. The zero-order chi connectivity index (χ0) is 24.0. The average Bonchev–Trinajstić information content (AvgIpc) is 3.59. The number of amides is 2. The Morgan fingerprint density at radius 2 is 1.63 bits per heavy atom. The van der Waals surface area contributed by atoms with Crippen LogP contribution in [0.1, 0.15) is 28.3 Å². The first-order valence-corrected chi connectivity index (χ1v) is 13.6. The summed E-state index contributed by atoms with van der Waals surface area (Å²) in [5, 5.41) is 1.15. The van der Waals surface area contributed by atoms with Crippen LogP contribution in [0.4, 0.5) is 5.69 Å². The quantitative estimate of drug-likeness (QED) is 0.534. The van der Waals surface area contributed by atoms with Crippen molar-refractivity contribution >= 4 is 40.6 Å². The lowest BCUT2D eigenvalue weighted by Gasteiger charge is -2.43. The van der Waals surface area contributed by atoms with Gasteiger partial charge >= 0.3 is 4.87 Å². The molecule has 7 atom stereocenters. The molecular formula is C27H24N2O4S2. The molecule has 4 aliphatic rings. The second kappa shape index (κ2) is 7.58. The van der Waals surface area contributed by atoms with E-state index in [1.165, 1.54) is 27.4 Å². The number of H-pyrrole nitrogens is 1. The van der Waals surface area contributed by atoms with Crippen molar-refractivity contribution in [1.82, 2.24) is 4.98 Å². The fraction of sp³-hybridized carbons (Fsp3) is 0.370. The molecule has 7 rings (SSSR count). The van der Waals surface area contributed by atoms with Gasteiger partial charge in [-0.25, -0.2) is 0 Å². The minimum absolute atomic E-state index is 0.0371. The Labute approximate surface area is 210 Å². The van der Waals surface area contributed by atoms with Crippen LogP contribution in [-0.4, -0.2) is 29.2 Å². The van der Waals surface area contributed by atoms with Crippen molar-refractivity contribution in [3.05, 3.63) is 74.2 Å². The van der Waals surface area contributed by atoms with Gasteiger partial charge < -0.3 is 9.72 Å². The van der Waals surface area contributed by atoms with Gasteiger partial charge in [-0.1, -0.05) is 41.2 Å². The first-order valence-electron chi connectivity index (χ1n) is 11.9. The molecule has 0 radical (unpaired) electrons. The summed E-state index contributed by atoms with van der Waals surface area (Å²) in [4.78, 5) is 45.3. The van der Waals surface area contributed by atoms with Crippen molar-refractivity contribution in [3.63, 3.8) is 0 Å². The van der Waals surface area contributed by atoms with Crippen LogP contribution >= 0.6 is 23.1 Å². The highest BCUT2D eigenvalue weighted by Crippen LogP contribution is 2.68. The number of nitrogens with one attached hydrogen (secondary N) is 1. The lowest BCUT2D eigenvalue weighted by molar-refractivity contribution is -0.123. The predicted octanol–water partition coefficient (Wildman–Crippen LogP) is 4.43. The molecule has 1 aromatic heterocycles. The Bertz CT molecular complexity index is 1410. The number of ether oxygens (including phenoxy) is 1. The first-order chi connectivity index (χ1) is 17.0. The number of nitrogens with zero attached hydrogens (tertiary/aromatic N) is 1. The van der Waals surface area contributed by atoms with Gasteiger partial charge in [0.15, 0.2) is 0 Å². The number of imide groups is 1. The molecular weight excluding hydrogens is 480 g/mol. The monoisotopic (exact) mass is 504 g/mol. The van der Waals surface area contributed by atoms with Crippen LogP contribution in [0.5, 0.6) is 5.75 Å². The number of thiazole rings is 1. The Hall–Kier alpha value is -2.84. The molecule has 2 bridgehead atoms. The molecule has 35 heavy (non-hydrogen) atoms. The molecule has 2 aliphatic carbocycles. The smallest absolute Gasteiger partial charge is 0.305 e. The summed E-state index contributed by atoms with van der Waals surface area (Å²) in [5.74, 6) is 0.510. The van der Waals surface area contributed by atoms with Gasteiger partial charge in [0.05, 0.1) is 29.7 Å². The summed E-state index contributed by atoms with van der Waals surface area (Å²) in [6.07, 6.45) is 0.896. The maximum absolute atomic E-state index is 13.8. The molecule has 0 spiro atoms. The number of anilines is 1. The van der Waals surface area contributed by atoms with Crippen LogP contribution in [0.25, 0.3) is 0 Å². The van der Waals surface area contributed by atoms with E-state index in [1.807, 2.05) is 0 Å². The molecule has 1 N–H and O–H groups in total. The van der Waals surface area contributed by atoms with Gasteiger partial charge in [0.2, 0.25) is 11.8 Å². The van der Waals surface area contributed by atoms with Crippen LogP contribution in [0, 0.1) is 36.5 Å². The van der Waals surface area contributed by atoms with E-state index in [0.717, 1.165) is 16.3 Å². The number of rotatable bonds is 3. The highest BCUT2D eigenvalue weighted by molar-refractivity contribution is 8.00. The number of aryl methyl sites for hydroxylation is 1. The molecule has 2 amide bonds. The molecule has 2 aromatic carbocycles. The van der Waals surface area contributed by atoms with E-state index < -0.39 is 0 Å². The van der Waals surface area contributed by atoms with Crippen LogP contribution in [0.15, 0.2) is 58.4 Å². The summed E-state index contributed by atoms with van der Waals surface area (Å²) in [7, 11) is 1.60. The minimum atomic E-state index is -0.290. The number of thioether (sulfide) groups is 1. The second-order valence-electron chi connectivity index (χ2n) is 10.1. The number of aromatic nitrogens is 1. The van der Waals surface area contributed by atoms with Crippen molar-refractivity contribution in [1.29, 1.82) is 0 Å². The molecule has 2 aliphatic heterocycles. The highest BCUT2D eigenvalue weighted by atomic mass is 32.2. The molecule has 178 valence electrons. The van der Waals surface area contributed by atoms with E-state index in [0.29, 0.717) is 11.4 Å². The van der Waals surface area contributed by atoms with Crippen LogP contribution in [0.2, 0.25) is 0 Å². The van der Waals surface area contributed by atoms with Crippen molar-refractivity contribution in [2.45, 2.75) is 29.5 Å². The van der Waals surface area contributed by atoms with Crippen molar-refractivity contribution < 1.29 is 14.3 Å². The van der Waals surface area contributed by atoms with Gasteiger partial charge in [-0.3, -0.25) is 19.3 Å². The zero-order valence-electron chi connectivity index (χ0n) is 19.3. The van der Waals surface area contributed by atoms with Gasteiger partial charge in [-0.05, 0) is 60.9 Å². The van der Waals surface area contributed by atoms with Crippen LogP contribution in [-0.2, 0) is 9.59 Å². The molecule has 0 unspecified atom stereocenters. The fourth-order valence-corrected chi connectivity index (χ4v) is 10.0. The van der Waals surface area contributed by atoms with Gasteiger partial charge in [-0.2, -0.15) is 0 Å². The molecule has 2 saturated carbocycles. The summed E-state index contributed by atoms with van der Waals surface area (Å²) in [6.45, 7) is 2.07. The normalized spacial score (nSPS) is 32.5. The minimum Gasteiger partial charge on any atom is -0.497 e. The van der Waals surface area contributed by atoms with Gasteiger partial charge in [0, 0.05) is 16.0 Å². The lowest BCUT2D eigenvalue weighted by atomic mass is 9.68. The van der Waals surface area contributed by atoms with Crippen LogP contribution < -0.4 is 14.5 Å². The third-order valence-corrected chi connectivity index (χ3v) is 11.1. The van der Waals surface area contributed by atoms with Crippen molar-refractivity contribution in [3.8, 4) is 5.75 Å². The molecule has 6 nitrogen and oxygen atoms in total. The Balaban J connectivity index is 1.30. The molecule has 3 aromatic rings. The van der Waals surface area contributed by atoms with Crippen molar-refractivity contribution in [2.24, 2.45) is 29.6 Å². The average molecular weight is 505 g/mol. The van der Waals surface area contributed by atoms with Crippen molar-refractivity contribution in [2.75, 3.05) is 12.0 Å². The summed E-state index contributed by atoms with van der Waals surface area (Å²) in [6, 6.07) is 15.7. The summed E-state index contributed by atoms with van der Waals surface area (Å²) >= 11 is 3.02. The van der Waals surface area contributed by atoms with E-state index in [1.54, 1.807) is 43.1 Å². The summed E-state index contributed by atoms with van der Waals surface area (Å²) in [5.41, 5.74) is 3.00. The number of aromatic amines is 1. The van der Waals surface area contributed by atoms with Gasteiger partial charge in [-0.15, -0.1) is 11.8 Å². The highest BCUT2D eigenvalue weighted by Gasteiger charge is 2.69. The van der Waals surface area contributed by atoms with E-state index in [4.69, 9.17) is 4.74 Å². The third kappa shape index (κ3) is 2.93. The number of carbonyl (C=O) groups is 2. The standard InChI is InChI=1S/C27H24N2O4S2/c1-12-3-5-13(6-4-12)18-19-16-11-17(22(19)34-24-23(18)35-27(32)28-24)21-20(16)25(30)29(26(21)31)14-7-9-15(33-2)10-8-14/h3-10,16-22H,11H2,1-2H3,(H,28,32)/t16-,17-,18-,19-,20+,21-,22+/m1/s1. The lowest BCUT2D eigenvalue weighted by Crippen LogP contribution is -2.42. The first kappa shape index (κ1) is 21.4. The number of fused-ring (bicyclic) bond motifs is 9. The van der Waals surface area contributed by atoms with Crippen LogP contribution in [0.3, 0.4) is 0 Å². The Morgan fingerprint density at radius 3 is 2.31 bits per heavy atom. The second-order valence-corrected chi connectivity index (χ2v) is 12.3. The molecule has 1 saturated heterocycles. The number of benzene rings is 2. The maximum atomic E-state index is 13.8. The molecule has 8 heteroatoms. The van der Waals surface area contributed by atoms with E-state index in [9.17, 15) is 14.4 Å². The maximum Gasteiger partial charge on any atom is 0.305 e. The Morgan fingerprint density at radius 1 is 0.943 bits per heavy atom. The van der Waals surface area contributed by atoms with Gasteiger partial charge in [0.1, 0.15) is 5.75 Å². The zero-order valence-corrected chi connectivity index (χ0v) is 20.9. The number of hydrogen-bond donors (Lipinski definition) is 1. The van der Waals surface area contributed by atoms with E-state index >= 15 is 0 Å². The largest absolute Gasteiger partial charge is 0.497 e. The number of carbonyl (C=O) groups excluding carboxylic acids is 2. The Kier molecular flexibility index (Phi) is 4.64. The SMILES string of the molecule is COc1ccc(N2C(=O)[C@@H]3[C@H]4C[C@@H]([C@@H]3C2=O)[C@@H]2[C@@H](c3ccc(C)cc3)c3sc(=O)[nH]c3S[C@@H]42)cc1. The number of hydrogen-bond acceptors (Lipinski definition) is 6. The topological polar surface area (TPSA) is 79.5 Å².